The van der Waals surface area contributed by atoms with E-state index in [1.807, 2.05) is 38.3 Å². The number of hydrazine groups is 1. The Morgan fingerprint density at radius 2 is 1.95 bits per heavy atom. The molecule has 6 bridgehead atoms. The highest BCUT2D eigenvalue weighted by Gasteiger charge is 2.58. The molecule has 0 unspecified atom stereocenters. The van der Waals surface area contributed by atoms with E-state index in [4.69, 9.17) is 24.2 Å². The second kappa shape index (κ2) is 17.8. The van der Waals surface area contributed by atoms with Gasteiger partial charge in [0.05, 0.1) is 48.2 Å². The van der Waals surface area contributed by atoms with Crippen molar-refractivity contribution in [3.05, 3.63) is 58.2 Å². The van der Waals surface area contributed by atoms with Gasteiger partial charge in [-0.3, -0.25) is 29.2 Å². The van der Waals surface area contributed by atoms with E-state index >= 15 is 0 Å². The molecular formula is C46H58FN7O7S. The first-order chi connectivity index (χ1) is 29.7. The van der Waals surface area contributed by atoms with Crippen LogP contribution in [0.2, 0.25) is 0 Å². The van der Waals surface area contributed by atoms with Gasteiger partial charge in [0, 0.05) is 72.4 Å². The summed E-state index contributed by atoms with van der Waals surface area (Å²) in [4.78, 5) is 67.6. The summed E-state index contributed by atoms with van der Waals surface area (Å²) in [6, 6.07) is 8.26. The molecule has 0 radical (unpaired) electrons. The zero-order chi connectivity index (χ0) is 44.0. The van der Waals surface area contributed by atoms with E-state index in [9.17, 15) is 23.6 Å². The number of alkyl halides is 1. The van der Waals surface area contributed by atoms with Crippen molar-refractivity contribution in [1.29, 1.82) is 0 Å². The van der Waals surface area contributed by atoms with Gasteiger partial charge in [-0.2, -0.15) is 0 Å². The summed E-state index contributed by atoms with van der Waals surface area (Å²) in [6.07, 6.45) is 1.25. The van der Waals surface area contributed by atoms with E-state index in [0.717, 1.165) is 39.0 Å². The first-order valence-corrected chi connectivity index (χ1v) is 22.8. The normalized spacial score (nSPS) is 26.9. The highest BCUT2D eigenvalue weighted by Crippen LogP contribution is 2.48. The molecule has 1 aliphatic carbocycles. The van der Waals surface area contributed by atoms with Crippen LogP contribution < -0.4 is 10.7 Å². The third kappa shape index (κ3) is 8.38. The van der Waals surface area contributed by atoms with Gasteiger partial charge in [-0.1, -0.05) is 26.8 Å². The zero-order valence-corrected chi connectivity index (χ0v) is 37.4. The summed E-state index contributed by atoms with van der Waals surface area (Å²) in [5, 5.41) is 7.82. The molecule has 3 aliphatic heterocycles. The Bertz CT molecular complexity index is 2350. The summed E-state index contributed by atoms with van der Waals surface area (Å²) in [6.45, 7) is 13.6. The van der Waals surface area contributed by atoms with E-state index in [0.29, 0.717) is 43.1 Å². The van der Waals surface area contributed by atoms with Gasteiger partial charge in [0.15, 0.2) is 0 Å². The standard InChI is InChI=1S/C46H58FN7O7S/c1-8-53-34-15-14-27-20-30(34)31(39(53)29-12-10-17-48-37(29)26(4)59-7)21-46(5,6)24-61-45(58)32-13-11-18-54(51-32)44(57)38(40(60-9-2)42-49-33(27)23-62-42)50-41(55)35-25(3)36(35)43(56)52-19-16-28(47)22-52/h10,12,14-15,17,20,23,25-26,28,32,35-36,38,40,51H,8-9,11,13,16,18-19,21-22,24H2,1-7H3,(H,50,55)/t25-,26+,28+,32+,35-,36-,38+,40+/m1/s1. The van der Waals surface area contributed by atoms with E-state index < -0.39 is 59.4 Å². The molecule has 4 aliphatic rings. The number of carbonyl (C=O) groups is 4. The number of nitrogens with zero attached hydrogens (tertiary/aromatic N) is 5. The number of thiazole rings is 1. The smallest absolute Gasteiger partial charge is 0.324 e. The van der Waals surface area contributed by atoms with Gasteiger partial charge >= 0.3 is 5.97 Å². The number of halogens is 1. The second-order valence-electron chi connectivity index (χ2n) is 17.9. The van der Waals surface area contributed by atoms with Crippen LogP contribution in [0.1, 0.15) is 89.3 Å². The fourth-order valence-corrected chi connectivity index (χ4v) is 10.5. The van der Waals surface area contributed by atoms with Crippen LogP contribution in [-0.2, 0) is 46.4 Å². The first-order valence-electron chi connectivity index (χ1n) is 21.9. The van der Waals surface area contributed by atoms with Crippen molar-refractivity contribution in [3.63, 3.8) is 0 Å². The summed E-state index contributed by atoms with van der Waals surface area (Å²) < 4.78 is 34.6. The van der Waals surface area contributed by atoms with Gasteiger partial charge in [0.1, 0.15) is 29.4 Å². The largest absolute Gasteiger partial charge is 0.464 e. The Kier molecular flexibility index (Phi) is 12.6. The molecule has 0 spiro atoms. The summed E-state index contributed by atoms with van der Waals surface area (Å²) >= 11 is 1.34. The van der Waals surface area contributed by atoms with Crippen molar-refractivity contribution < 1.29 is 37.8 Å². The topological polar surface area (TPSA) is 157 Å². The number of hydrogen-bond acceptors (Lipinski definition) is 11. The fraction of sp³-hybridized carbons (Fsp3) is 0.565. The van der Waals surface area contributed by atoms with Crippen LogP contribution >= 0.6 is 11.3 Å². The molecule has 6 heterocycles. The quantitative estimate of drug-likeness (QED) is 0.186. The highest BCUT2D eigenvalue weighted by molar-refractivity contribution is 7.10. The lowest BCUT2D eigenvalue weighted by molar-refractivity contribution is -0.156. The molecule has 8 rings (SSSR count). The van der Waals surface area contributed by atoms with Crippen molar-refractivity contribution in [2.45, 2.75) is 104 Å². The van der Waals surface area contributed by atoms with Crippen molar-refractivity contribution in [2.24, 2.45) is 23.2 Å². The van der Waals surface area contributed by atoms with Crippen molar-refractivity contribution in [2.75, 3.05) is 40.0 Å². The zero-order valence-electron chi connectivity index (χ0n) is 36.6. The number of carbonyl (C=O) groups excluding carboxylic acids is 4. The van der Waals surface area contributed by atoms with Gasteiger partial charge in [-0.25, -0.2) is 14.8 Å². The maximum Gasteiger partial charge on any atom is 0.324 e. The van der Waals surface area contributed by atoms with Gasteiger partial charge in [0.25, 0.3) is 5.91 Å². The van der Waals surface area contributed by atoms with E-state index in [2.05, 4.69) is 54.3 Å². The van der Waals surface area contributed by atoms with Crippen LogP contribution in [0.5, 0.6) is 0 Å². The maximum atomic E-state index is 14.8. The van der Waals surface area contributed by atoms with Crippen LogP contribution in [0.4, 0.5) is 4.39 Å². The lowest BCUT2D eigenvalue weighted by Gasteiger charge is -2.37. The number of amides is 3. The van der Waals surface area contributed by atoms with Crippen molar-refractivity contribution >= 4 is 45.9 Å². The second-order valence-corrected chi connectivity index (χ2v) is 18.8. The molecule has 2 saturated heterocycles. The number of aromatic nitrogens is 3. The molecule has 3 amide bonds. The third-order valence-corrected chi connectivity index (χ3v) is 13.9. The number of benzene rings is 1. The van der Waals surface area contributed by atoms with Crippen LogP contribution in [0.15, 0.2) is 41.9 Å². The van der Waals surface area contributed by atoms with E-state index in [-0.39, 0.29) is 50.7 Å². The van der Waals surface area contributed by atoms with E-state index in [1.165, 1.54) is 21.2 Å². The van der Waals surface area contributed by atoms with Gasteiger partial charge in [-0.05, 0) is 82.2 Å². The molecule has 4 aromatic rings. The molecule has 1 aromatic carbocycles. The molecule has 3 fully saturated rings. The molecule has 8 atom stereocenters. The predicted octanol–water partition coefficient (Wildman–Crippen LogP) is 6.19. The lowest BCUT2D eigenvalue weighted by atomic mass is 9.84. The molecule has 332 valence electrons. The minimum Gasteiger partial charge on any atom is -0.464 e. The van der Waals surface area contributed by atoms with Crippen LogP contribution in [0.25, 0.3) is 33.4 Å². The highest BCUT2D eigenvalue weighted by atomic mass is 32.1. The average Bonchev–Trinajstić information content (AvgIpc) is 3.61. The molecular weight excluding hydrogens is 814 g/mol. The number of nitrogens with one attached hydrogen (secondary N) is 2. The summed E-state index contributed by atoms with van der Waals surface area (Å²) in [5.41, 5.74) is 9.08. The van der Waals surface area contributed by atoms with Crippen LogP contribution in [0.3, 0.4) is 0 Å². The Labute approximate surface area is 365 Å². The number of rotatable bonds is 9. The lowest BCUT2D eigenvalue weighted by Crippen LogP contribution is -2.61. The van der Waals surface area contributed by atoms with Crippen LogP contribution in [0, 0.1) is 23.2 Å². The van der Waals surface area contributed by atoms with E-state index in [1.54, 1.807) is 13.3 Å². The predicted molar refractivity (Wildman–Crippen MR) is 232 cm³/mol. The number of cyclic esters (lactones) is 1. The number of aryl methyl sites for hydroxylation is 1. The number of methoxy groups -OCH3 is 1. The molecule has 62 heavy (non-hydrogen) atoms. The monoisotopic (exact) mass is 871 g/mol. The van der Waals surface area contributed by atoms with Gasteiger partial charge < -0.3 is 29.0 Å². The van der Waals surface area contributed by atoms with Crippen molar-refractivity contribution in [3.8, 4) is 22.5 Å². The number of pyridine rings is 1. The number of esters is 1. The van der Waals surface area contributed by atoms with Gasteiger partial charge in [0.2, 0.25) is 11.8 Å². The molecule has 1 saturated carbocycles. The number of fused-ring (bicyclic) bond motifs is 6. The number of likely N-dealkylation sites (tertiary alicyclic amines) is 1. The molecule has 2 N–H and O–H groups in total. The summed E-state index contributed by atoms with van der Waals surface area (Å²) in [7, 11) is 1.68. The van der Waals surface area contributed by atoms with Crippen LogP contribution in [-0.4, -0.2) is 106 Å². The number of hydrogen-bond donors (Lipinski definition) is 2. The minimum atomic E-state index is -1.26. The SMILES string of the molecule is CCO[C@@H]1c2nc(cs2)-c2ccc3c(c2)c(c(-c2cccnc2[C@H](C)OC)n3CC)CC(C)(C)COC(=O)[C@@H]2CCCN(N2)C(=O)[C@H]1NC(=O)[C@@H]1[C@@H](C)[C@H]1C(=O)N1CC[C@H](F)C1. The first kappa shape index (κ1) is 43.9. The number of ether oxygens (including phenoxy) is 3. The average molecular weight is 872 g/mol. The Morgan fingerprint density at radius 1 is 1.15 bits per heavy atom. The molecule has 14 nitrogen and oxygen atoms in total. The van der Waals surface area contributed by atoms with Gasteiger partial charge in [-0.15, -0.1) is 11.3 Å². The maximum absolute atomic E-state index is 14.8. The Morgan fingerprint density at radius 3 is 2.68 bits per heavy atom. The fourth-order valence-electron chi connectivity index (χ4n) is 9.56. The van der Waals surface area contributed by atoms with Crippen molar-refractivity contribution in [1.82, 2.24) is 35.2 Å². The third-order valence-electron chi connectivity index (χ3n) is 13.0. The minimum absolute atomic E-state index is 0.0248. The molecule has 16 heteroatoms. The molecule has 3 aromatic heterocycles. The Balaban J connectivity index is 1.22. The Hall–Kier alpha value is -4.77. The summed E-state index contributed by atoms with van der Waals surface area (Å²) in [5.74, 6) is -3.28.